The van der Waals surface area contributed by atoms with E-state index in [1.165, 1.54) is 0 Å². The average Bonchev–Trinajstić information content (AvgIpc) is 2.28. The van der Waals surface area contributed by atoms with E-state index in [0.717, 1.165) is 26.2 Å². The molecule has 0 bridgehead atoms. The average molecular weight is 209 g/mol. The van der Waals surface area contributed by atoms with Crippen LogP contribution in [0.2, 0.25) is 0 Å². The van der Waals surface area contributed by atoms with Crippen LogP contribution in [0.4, 0.5) is 0 Å². The van der Waals surface area contributed by atoms with Gasteiger partial charge in [0, 0.05) is 26.2 Å². The molecule has 84 valence electrons. The summed E-state index contributed by atoms with van der Waals surface area (Å²) in [6.07, 6.45) is 5.93. The van der Waals surface area contributed by atoms with Gasteiger partial charge in [-0.15, -0.1) is 6.42 Å². The standard InChI is InChI=1S/C11H19N3O/c1-3-5-13-6-8-14(9-7-13)11(15)10(12)4-2/h1,10H,4-9,12H2,2H3. The monoisotopic (exact) mass is 209 g/mol. The molecule has 4 nitrogen and oxygen atoms in total. The Morgan fingerprint density at radius 2 is 2.07 bits per heavy atom. The van der Waals surface area contributed by atoms with Crippen molar-refractivity contribution in [2.24, 2.45) is 5.73 Å². The molecule has 0 saturated carbocycles. The van der Waals surface area contributed by atoms with Crippen LogP contribution in [0.15, 0.2) is 0 Å². The first-order chi connectivity index (χ1) is 7.19. The molecule has 0 aliphatic carbocycles. The summed E-state index contributed by atoms with van der Waals surface area (Å²) in [4.78, 5) is 15.7. The number of hydrogen-bond acceptors (Lipinski definition) is 3. The number of amides is 1. The number of carbonyl (C=O) groups excluding carboxylic acids is 1. The number of piperazine rings is 1. The van der Waals surface area contributed by atoms with Gasteiger partial charge in [0.25, 0.3) is 0 Å². The van der Waals surface area contributed by atoms with Crippen LogP contribution in [0.25, 0.3) is 0 Å². The summed E-state index contributed by atoms with van der Waals surface area (Å²) >= 11 is 0. The normalized spacial score (nSPS) is 19.7. The molecular weight excluding hydrogens is 190 g/mol. The van der Waals surface area contributed by atoms with Crippen LogP contribution in [0.1, 0.15) is 13.3 Å². The Hall–Kier alpha value is -1.05. The second-order valence-electron chi connectivity index (χ2n) is 3.82. The molecule has 1 rings (SSSR count). The predicted molar refractivity (Wildman–Crippen MR) is 60.1 cm³/mol. The van der Waals surface area contributed by atoms with Crippen molar-refractivity contribution >= 4 is 5.91 Å². The van der Waals surface area contributed by atoms with E-state index < -0.39 is 0 Å². The molecule has 15 heavy (non-hydrogen) atoms. The molecule has 1 atom stereocenters. The van der Waals surface area contributed by atoms with E-state index >= 15 is 0 Å². The zero-order chi connectivity index (χ0) is 11.3. The Labute approximate surface area is 91.4 Å². The fourth-order valence-electron chi connectivity index (χ4n) is 1.66. The van der Waals surface area contributed by atoms with Gasteiger partial charge in [-0.1, -0.05) is 12.8 Å². The van der Waals surface area contributed by atoms with Gasteiger partial charge < -0.3 is 10.6 Å². The van der Waals surface area contributed by atoms with Gasteiger partial charge in [-0.2, -0.15) is 0 Å². The van der Waals surface area contributed by atoms with Gasteiger partial charge in [-0.3, -0.25) is 9.69 Å². The SMILES string of the molecule is C#CCN1CCN(C(=O)C(N)CC)CC1. The third-order valence-electron chi connectivity index (χ3n) is 2.76. The smallest absolute Gasteiger partial charge is 0.239 e. The maximum Gasteiger partial charge on any atom is 0.239 e. The second-order valence-corrected chi connectivity index (χ2v) is 3.82. The summed E-state index contributed by atoms with van der Waals surface area (Å²) < 4.78 is 0. The van der Waals surface area contributed by atoms with Gasteiger partial charge in [0.05, 0.1) is 12.6 Å². The molecule has 2 N–H and O–H groups in total. The van der Waals surface area contributed by atoms with E-state index in [-0.39, 0.29) is 11.9 Å². The zero-order valence-electron chi connectivity index (χ0n) is 9.28. The highest BCUT2D eigenvalue weighted by Gasteiger charge is 2.23. The minimum absolute atomic E-state index is 0.0675. The summed E-state index contributed by atoms with van der Waals surface area (Å²) in [7, 11) is 0. The molecular formula is C11H19N3O. The van der Waals surface area contributed by atoms with Crippen LogP contribution in [0, 0.1) is 12.3 Å². The Morgan fingerprint density at radius 1 is 1.47 bits per heavy atom. The number of carbonyl (C=O) groups is 1. The van der Waals surface area contributed by atoms with E-state index in [1.807, 2.05) is 11.8 Å². The molecule has 0 radical (unpaired) electrons. The first-order valence-electron chi connectivity index (χ1n) is 5.39. The molecule has 1 unspecified atom stereocenters. The number of rotatable bonds is 3. The van der Waals surface area contributed by atoms with Crippen LogP contribution in [0.3, 0.4) is 0 Å². The van der Waals surface area contributed by atoms with Gasteiger partial charge in [0.15, 0.2) is 0 Å². The van der Waals surface area contributed by atoms with Crippen LogP contribution in [-0.2, 0) is 4.79 Å². The van der Waals surface area contributed by atoms with Crippen molar-refractivity contribution in [3.05, 3.63) is 0 Å². The van der Waals surface area contributed by atoms with Gasteiger partial charge in [0.2, 0.25) is 5.91 Å². The summed E-state index contributed by atoms with van der Waals surface area (Å²) in [5.41, 5.74) is 5.70. The van der Waals surface area contributed by atoms with Crippen molar-refractivity contribution in [1.29, 1.82) is 0 Å². The topological polar surface area (TPSA) is 49.6 Å². The third kappa shape index (κ3) is 3.22. The summed E-state index contributed by atoms with van der Waals surface area (Å²) in [6.45, 7) is 5.79. The van der Waals surface area contributed by atoms with E-state index in [0.29, 0.717) is 13.0 Å². The largest absolute Gasteiger partial charge is 0.339 e. The molecule has 1 fully saturated rings. The van der Waals surface area contributed by atoms with Crippen molar-refractivity contribution in [3.8, 4) is 12.3 Å². The molecule has 4 heteroatoms. The number of hydrogen-bond donors (Lipinski definition) is 1. The first kappa shape index (κ1) is 12.0. The fourth-order valence-corrected chi connectivity index (χ4v) is 1.66. The quantitative estimate of drug-likeness (QED) is 0.638. The zero-order valence-corrected chi connectivity index (χ0v) is 9.28. The van der Waals surface area contributed by atoms with E-state index in [4.69, 9.17) is 12.2 Å². The van der Waals surface area contributed by atoms with Crippen LogP contribution in [-0.4, -0.2) is 54.5 Å². The Kier molecular flexibility index (Phi) is 4.60. The molecule has 0 spiro atoms. The summed E-state index contributed by atoms with van der Waals surface area (Å²) in [6, 6.07) is -0.343. The highest BCUT2D eigenvalue weighted by atomic mass is 16.2. The summed E-state index contributed by atoms with van der Waals surface area (Å²) in [5, 5.41) is 0. The van der Waals surface area contributed by atoms with Gasteiger partial charge in [0.1, 0.15) is 0 Å². The lowest BCUT2D eigenvalue weighted by atomic mass is 10.2. The second kappa shape index (κ2) is 5.74. The van der Waals surface area contributed by atoms with Gasteiger partial charge >= 0.3 is 0 Å². The molecule has 0 aromatic rings. The van der Waals surface area contributed by atoms with Crippen molar-refractivity contribution in [3.63, 3.8) is 0 Å². The molecule has 1 amide bonds. The lowest BCUT2D eigenvalue weighted by Gasteiger charge is -2.34. The summed E-state index contributed by atoms with van der Waals surface area (Å²) in [5.74, 6) is 2.68. The van der Waals surface area contributed by atoms with Crippen molar-refractivity contribution in [2.45, 2.75) is 19.4 Å². The Bertz CT molecular complexity index is 251. The van der Waals surface area contributed by atoms with E-state index in [2.05, 4.69) is 10.8 Å². The predicted octanol–water partition coefficient (Wildman–Crippen LogP) is -0.499. The molecule has 0 aromatic heterocycles. The minimum atomic E-state index is -0.343. The number of terminal acetylenes is 1. The molecule has 1 aliphatic rings. The molecule has 0 aromatic carbocycles. The van der Waals surface area contributed by atoms with Crippen molar-refractivity contribution < 1.29 is 4.79 Å². The maximum absolute atomic E-state index is 11.7. The molecule has 1 aliphatic heterocycles. The number of nitrogens with zero attached hydrogens (tertiary/aromatic N) is 2. The van der Waals surface area contributed by atoms with E-state index in [9.17, 15) is 4.79 Å². The fraction of sp³-hybridized carbons (Fsp3) is 0.727. The van der Waals surface area contributed by atoms with Crippen LogP contribution < -0.4 is 5.73 Å². The lowest BCUT2D eigenvalue weighted by molar-refractivity contribution is -0.134. The Morgan fingerprint density at radius 3 is 2.53 bits per heavy atom. The van der Waals surface area contributed by atoms with Crippen molar-refractivity contribution in [1.82, 2.24) is 9.80 Å². The minimum Gasteiger partial charge on any atom is -0.339 e. The Balaban J connectivity index is 2.37. The molecule has 1 saturated heterocycles. The van der Waals surface area contributed by atoms with Gasteiger partial charge in [-0.05, 0) is 6.42 Å². The van der Waals surface area contributed by atoms with Crippen molar-refractivity contribution in [2.75, 3.05) is 32.7 Å². The molecule has 1 heterocycles. The lowest BCUT2D eigenvalue weighted by Crippen LogP contribution is -2.53. The first-order valence-corrected chi connectivity index (χ1v) is 5.39. The third-order valence-corrected chi connectivity index (χ3v) is 2.76. The highest BCUT2D eigenvalue weighted by Crippen LogP contribution is 2.04. The highest BCUT2D eigenvalue weighted by molar-refractivity contribution is 5.81. The number of nitrogens with two attached hydrogens (primary N) is 1. The maximum atomic E-state index is 11.7. The van der Waals surface area contributed by atoms with Crippen LogP contribution in [0.5, 0.6) is 0 Å². The van der Waals surface area contributed by atoms with Crippen LogP contribution >= 0.6 is 0 Å². The van der Waals surface area contributed by atoms with E-state index in [1.54, 1.807) is 0 Å². The van der Waals surface area contributed by atoms with Gasteiger partial charge in [-0.25, -0.2) is 0 Å².